The predicted octanol–water partition coefficient (Wildman–Crippen LogP) is 0.518. The van der Waals surface area contributed by atoms with Crippen LogP contribution in [0.1, 0.15) is 13.8 Å². The molecule has 7 heteroatoms. The average molecular weight is 325 g/mol. The summed E-state index contributed by atoms with van der Waals surface area (Å²) in [5.41, 5.74) is 0. The van der Waals surface area contributed by atoms with Crippen LogP contribution in [-0.2, 0) is 14.8 Å². The third-order valence-corrected chi connectivity index (χ3v) is 5.44. The number of nitrogens with one attached hydrogen (secondary N) is 1. The number of rotatable bonds is 5. The molecule has 1 aliphatic heterocycles. The molecule has 1 heterocycles. The normalized spacial score (nSPS) is 18.2. The molecule has 0 aliphatic carbocycles. The molecule has 0 saturated carbocycles. The van der Waals surface area contributed by atoms with Gasteiger partial charge in [-0.05, 0) is 25.6 Å². The predicted molar refractivity (Wildman–Crippen MR) is 84.9 cm³/mol. The molecule has 0 radical (unpaired) electrons. The first-order chi connectivity index (χ1) is 10.4. The average Bonchev–Trinajstić information content (AvgIpc) is 2.54. The molecule has 0 aromatic heterocycles. The van der Waals surface area contributed by atoms with Crippen LogP contribution in [0.2, 0.25) is 0 Å². The summed E-state index contributed by atoms with van der Waals surface area (Å²) in [6.45, 7) is 7.61. The van der Waals surface area contributed by atoms with Crippen molar-refractivity contribution < 1.29 is 13.2 Å². The summed E-state index contributed by atoms with van der Waals surface area (Å²) in [7, 11) is -3.67. The number of hydrogen-bond acceptors (Lipinski definition) is 4. The van der Waals surface area contributed by atoms with Crippen molar-refractivity contribution in [2.24, 2.45) is 0 Å². The zero-order chi connectivity index (χ0) is 16.2. The fraction of sp³-hybridized carbons (Fsp3) is 0.533. The minimum Gasteiger partial charge on any atom is -0.339 e. The van der Waals surface area contributed by atoms with Crippen molar-refractivity contribution >= 4 is 15.9 Å². The van der Waals surface area contributed by atoms with E-state index in [1.54, 1.807) is 30.0 Å². The van der Waals surface area contributed by atoms with Crippen molar-refractivity contribution in [3.63, 3.8) is 0 Å². The Morgan fingerprint density at radius 1 is 1.18 bits per heavy atom. The minimum atomic E-state index is -3.67. The van der Waals surface area contributed by atoms with E-state index >= 15 is 0 Å². The summed E-state index contributed by atoms with van der Waals surface area (Å²) < 4.78 is 26.9. The third-order valence-electron chi connectivity index (χ3n) is 3.89. The molecular weight excluding hydrogens is 302 g/mol. The monoisotopic (exact) mass is 325 g/mol. The van der Waals surface area contributed by atoms with E-state index in [1.165, 1.54) is 12.1 Å². The van der Waals surface area contributed by atoms with Gasteiger partial charge in [0, 0.05) is 26.2 Å². The maximum absolute atomic E-state index is 12.4. The number of likely N-dealkylation sites (N-methyl/N-ethyl adjacent to an activating group) is 1. The largest absolute Gasteiger partial charge is 0.339 e. The Hall–Kier alpha value is -1.44. The number of carbonyl (C=O) groups is 1. The molecule has 0 bridgehead atoms. The Morgan fingerprint density at radius 2 is 1.77 bits per heavy atom. The standard InChI is InChI=1S/C15H23N3O3S/c1-3-17-9-11-18(12-10-17)15(19)13(2)16-22(20,21)14-7-5-4-6-8-14/h4-8,13,16H,3,9-12H2,1-2H3/t13-/m0/s1. The van der Waals surface area contributed by atoms with Gasteiger partial charge in [0.2, 0.25) is 15.9 Å². The van der Waals surface area contributed by atoms with Crippen LogP contribution in [0.3, 0.4) is 0 Å². The molecule has 2 rings (SSSR count). The maximum atomic E-state index is 12.4. The Morgan fingerprint density at radius 3 is 2.32 bits per heavy atom. The van der Waals surface area contributed by atoms with Crippen molar-refractivity contribution in [2.75, 3.05) is 32.7 Å². The Labute approximate surface area is 132 Å². The van der Waals surface area contributed by atoms with Crippen molar-refractivity contribution in [2.45, 2.75) is 24.8 Å². The molecule has 1 aliphatic rings. The Balaban J connectivity index is 1.97. The molecule has 6 nitrogen and oxygen atoms in total. The van der Waals surface area contributed by atoms with E-state index in [-0.39, 0.29) is 10.8 Å². The van der Waals surface area contributed by atoms with Gasteiger partial charge in [0.25, 0.3) is 0 Å². The van der Waals surface area contributed by atoms with Gasteiger partial charge in [-0.15, -0.1) is 0 Å². The quantitative estimate of drug-likeness (QED) is 0.857. The molecule has 1 N–H and O–H groups in total. The summed E-state index contributed by atoms with van der Waals surface area (Å²) in [4.78, 5) is 16.5. The maximum Gasteiger partial charge on any atom is 0.241 e. The molecule has 0 spiro atoms. The van der Waals surface area contributed by atoms with Crippen LogP contribution in [0, 0.1) is 0 Å². The van der Waals surface area contributed by atoms with Gasteiger partial charge in [-0.2, -0.15) is 4.72 Å². The highest BCUT2D eigenvalue weighted by molar-refractivity contribution is 7.89. The minimum absolute atomic E-state index is 0.171. The van der Waals surface area contributed by atoms with Crippen molar-refractivity contribution in [3.05, 3.63) is 30.3 Å². The summed E-state index contributed by atoms with van der Waals surface area (Å²) in [5.74, 6) is -0.171. The molecule has 22 heavy (non-hydrogen) atoms. The molecular formula is C15H23N3O3S. The fourth-order valence-corrected chi connectivity index (χ4v) is 3.73. The first kappa shape index (κ1) is 16.9. The van der Waals surface area contributed by atoms with Gasteiger partial charge in [-0.3, -0.25) is 4.79 Å². The number of sulfonamides is 1. The third kappa shape index (κ3) is 4.06. The highest BCUT2D eigenvalue weighted by atomic mass is 32.2. The van der Waals surface area contributed by atoms with Crippen molar-refractivity contribution in [3.8, 4) is 0 Å². The van der Waals surface area contributed by atoms with Crippen LogP contribution in [0.5, 0.6) is 0 Å². The molecule has 1 aromatic rings. The Kier molecular flexibility index (Phi) is 5.55. The van der Waals surface area contributed by atoms with Gasteiger partial charge in [-0.1, -0.05) is 25.1 Å². The first-order valence-electron chi connectivity index (χ1n) is 7.52. The lowest BCUT2D eigenvalue weighted by molar-refractivity contribution is -0.134. The van der Waals surface area contributed by atoms with Gasteiger partial charge in [0.1, 0.15) is 0 Å². The second-order valence-electron chi connectivity index (χ2n) is 5.42. The van der Waals surface area contributed by atoms with Crippen LogP contribution in [0.4, 0.5) is 0 Å². The van der Waals surface area contributed by atoms with Gasteiger partial charge in [0.05, 0.1) is 10.9 Å². The molecule has 1 saturated heterocycles. The smallest absolute Gasteiger partial charge is 0.241 e. The fourth-order valence-electron chi connectivity index (χ4n) is 2.51. The van der Waals surface area contributed by atoms with E-state index in [0.29, 0.717) is 13.1 Å². The zero-order valence-electron chi connectivity index (χ0n) is 13.0. The zero-order valence-corrected chi connectivity index (χ0v) is 13.8. The number of benzene rings is 1. The van der Waals surface area contributed by atoms with E-state index in [2.05, 4.69) is 16.5 Å². The number of carbonyl (C=O) groups excluding carboxylic acids is 1. The molecule has 1 atom stereocenters. The lowest BCUT2D eigenvalue weighted by atomic mass is 10.2. The van der Waals surface area contributed by atoms with E-state index < -0.39 is 16.1 Å². The SMILES string of the molecule is CCN1CCN(C(=O)[C@H](C)NS(=O)(=O)c2ccccc2)CC1. The van der Waals surface area contributed by atoms with Crippen LogP contribution < -0.4 is 4.72 Å². The van der Waals surface area contributed by atoms with Crippen LogP contribution in [0.15, 0.2) is 35.2 Å². The second kappa shape index (κ2) is 7.21. The molecule has 1 aromatic carbocycles. The van der Waals surface area contributed by atoms with Gasteiger partial charge in [-0.25, -0.2) is 8.42 Å². The van der Waals surface area contributed by atoms with Crippen LogP contribution in [0.25, 0.3) is 0 Å². The van der Waals surface area contributed by atoms with Gasteiger partial charge in [0.15, 0.2) is 0 Å². The molecule has 1 fully saturated rings. The lowest BCUT2D eigenvalue weighted by Gasteiger charge is -2.35. The lowest BCUT2D eigenvalue weighted by Crippen LogP contribution is -2.54. The van der Waals surface area contributed by atoms with E-state index in [4.69, 9.17) is 0 Å². The summed E-state index contributed by atoms with van der Waals surface area (Å²) in [5, 5.41) is 0. The number of amides is 1. The van der Waals surface area contributed by atoms with Crippen LogP contribution >= 0.6 is 0 Å². The first-order valence-corrected chi connectivity index (χ1v) is 9.01. The van der Waals surface area contributed by atoms with Gasteiger partial charge < -0.3 is 9.80 Å². The molecule has 122 valence electrons. The topological polar surface area (TPSA) is 69.7 Å². The van der Waals surface area contributed by atoms with Gasteiger partial charge >= 0.3 is 0 Å². The van der Waals surface area contributed by atoms with Crippen molar-refractivity contribution in [1.29, 1.82) is 0 Å². The molecule has 1 amide bonds. The van der Waals surface area contributed by atoms with E-state index in [9.17, 15) is 13.2 Å². The van der Waals surface area contributed by atoms with Crippen molar-refractivity contribution in [1.82, 2.24) is 14.5 Å². The Bertz CT molecular complexity index is 596. The summed E-state index contributed by atoms with van der Waals surface area (Å²) in [6.07, 6.45) is 0. The summed E-state index contributed by atoms with van der Waals surface area (Å²) in [6, 6.07) is 7.33. The number of hydrogen-bond donors (Lipinski definition) is 1. The van der Waals surface area contributed by atoms with E-state index in [0.717, 1.165) is 19.6 Å². The van der Waals surface area contributed by atoms with Crippen LogP contribution in [-0.4, -0.2) is 62.9 Å². The summed E-state index contributed by atoms with van der Waals surface area (Å²) >= 11 is 0. The number of piperazine rings is 1. The van der Waals surface area contributed by atoms with E-state index in [1.807, 2.05) is 0 Å². The second-order valence-corrected chi connectivity index (χ2v) is 7.13. The molecule has 0 unspecified atom stereocenters. The highest BCUT2D eigenvalue weighted by Crippen LogP contribution is 2.10. The highest BCUT2D eigenvalue weighted by Gasteiger charge is 2.27. The number of nitrogens with zero attached hydrogens (tertiary/aromatic N) is 2.